The molecule has 0 atom stereocenters. The molecule has 0 spiro atoms. The largest absolute Gasteiger partial charge is 0.497 e. The van der Waals surface area contributed by atoms with E-state index in [9.17, 15) is 4.79 Å². The van der Waals surface area contributed by atoms with Gasteiger partial charge in [-0.3, -0.25) is 4.79 Å². The molecule has 1 N–H and O–H groups in total. The first kappa shape index (κ1) is 15.8. The molecule has 0 bridgehead atoms. The van der Waals surface area contributed by atoms with E-state index in [2.05, 4.69) is 10.4 Å². The third-order valence-corrected chi connectivity index (χ3v) is 3.67. The zero-order valence-corrected chi connectivity index (χ0v) is 13.5. The summed E-state index contributed by atoms with van der Waals surface area (Å²) in [6.07, 6.45) is 4.81. The SMILES string of the molecule is COc1ccc(NC(=O)CCc2cnn(-c3ccccc3)c2)cc1. The number of aryl methyl sites for hydroxylation is 1. The van der Waals surface area contributed by atoms with Crippen LogP contribution in [0, 0.1) is 0 Å². The van der Waals surface area contributed by atoms with E-state index in [1.165, 1.54) is 0 Å². The monoisotopic (exact) mass is 321 g/mol. The first-order valence-electron chi connectivity index (χ1n) is 7.77. The van der Waals surface area contributed by atoms with Gasteiger partial charge in [0, 0.05) is 18.3 Å². The van der Waals surface area contributed by atoms with Gasteiger partial charge in [-0.25, -0.2) is 4.68 Å². The molecular formula is C19H19N3O2. The first-order valence-corrected chi connectivity index (χ1v) is 7.77. The number of aromatic nitrogens is 2. The number of carbonyl (C=O) groups is 1. The van der Waals surface area contributed by atoms with Gasteiger partial charge in [0.05, 0.1) is 19.0 Å². The number of nitrogens with zero attached hydrogens (tertiary/aromatic N) is 2. The van der Waals surface area contributed by atoms with E-state index in [0.717, 1.165) is 22.7 Å². The third kappa shape index (κ3) is 4.01. The number of amides is 1. The van der Waals surface area contributed by atoms with E-state index < -0.39 is 0 Å². The molecule has 0 fully saturated rings. The topological polar surface area (TPSA) is 56.1 Å². The van der Waals surface area contributed by atoms with Gasteiger partial charge in [-0.15, -0.1) is 0 Å². The molecule has 0 radical (unpaired) electrons. The van der Waals surface area contributed by atoms with Crippen molar-refractivity contribution in [2.45, 2.75) is 12.8 Å². The lowest BCUT2D eigenvalue weighted by Gasteiger charge is -2.05. The number of hydrogen-bond acceptors (Lipinski definition) is 3. The molecule has 5 nitrogen and oxygen atoms in total. The van der Waals surface area contributed by atoms with Crippen molar-refractivity contribution in [1.29, 1.82) is 0 Å². The lowest BCUT2D eigenvalue weighted by atomic mass is 10.2. The summed E-state index contributed by atoms with van der Waals surface area (Å²) in [7, 11) is 1.61. The van der Waals surface area contributed by atoms with Crippen LogP contribution in [0.15, 0.2) is 67.0 Å². The average Bonchev–Trinajstić information content (AvgIpc) is 3.10. The highest BCUT2D eigenvalue weighted by Gasteiger charge is 2.06. The number of anilines is 1. The molecular weight excluding hydrogens is 302 g/mol. The lowest BCUT2D eigenvalue weighted by Crippen LogP contribution is -2.12. The number of ether oxygens (including phenoxy) is 1. The Labute approximate surface area is 140 Å². The Kier molecular flexibility index (Phi) is 4.91. The van der Waals surface area contributed by atoms with Crippen molar-refractivity contribution >= 4 is 11.6 Å². The molecule has 1 amide bonds. The van der Waals surface area contributed by atoms with Gasteiger partial charge in [0.2, 0.25) is 5.91 Å². The number of hydrogen-bond donors (Lipinski definition) is 1. The summed E-state index contributed by atoms with van der Waals surface area (Å²) in [5.41, 5.74) is 2.80. The molecule has 2 aromatic carbocycles. The highest BCUT2D eigenvalue weighted by Crippen LogP contribution is 2.15. The van der Waals surface area contributed by atoms with Gasteiger partial charge >= 0.3 is 0 Å². The summed E-state index contributed by atoms with van der Waals surface area (Å²) in [5.74, 6) is 0.744. The van der Waals surface area contributed by atoms with Gasteiger partial charge in [0.15, 0.2) is 0 Å². The van der Waals surface area contributed by atoms with Gasteiger partial charge in [0.25, 0.3) is 0 Å². The Morgan fingerprint density at radius 1 is 1.12 bits per heavy atom. The highest BCUT2D eigenvalue weighted by molar-refractivity contribution is 5.90. The van der Waals surface area contributed by atoms with Crippen LogP contribution in [-0.2, 0) is 11.2 Å². The molecule has 24 heavy (non-hydrogen) atoms. The van der Waals surface area contributed by atoms with Crippen molar-refractivity contribution in [3.8, 4) is 11.4 Å². The number of para-hydroxylation sites is 1. The average molecular weight is 321 g/mol. The van der Waals surface area contributed by atoms with Crippen molar-refractivity contribution in [1.82, 2.24) is 9.78 Å². The molecule has 0 aliphatic rings. The third-order valence-electron chi connectivity index (χ3n) is 3.67. The zero-order valence-electron chi connectivity index (χ0n) is 13.5. The molecule has 5 heteroatoms. The molecule has 0 aliphatic heterocycles. The summed E-state index contributed by atoms with van der Waals surface area (Å²) in [5, 5.41) is 7.22. The van der Waals surface area contributed by atoms with E-state index in [-0.39, 0.29) is 5.91 Å². The van der Waals surface area contributed by atoms with E-state index in [1.807, 2.05) is 65.5 Å². The zero-order chi connectivity index (χ0) is 16.8. The summed E-state index contributed by atoms with van der Waals surface area (Å²) >= 11 is 0. The summed E-state index contributed by atoms with van der Waals surface area (Å²) < 4.78 is 6.91. The normalized spacial score (nSPS) is 10.4. The maximum atomic E-state index is 12.0. The van der Waals surface area contributed by atoms with Crippen LogP contribution in [0.25, 0.3) is 5.69 Å². The van der Waals surface area contributed by atoms with E-state index >= 15 is 0 Å². The van der Waals surface area contributed by atoms with Crippen LogP contribution in [0.5, 0.6) is 5.75 Å². The number of benzene rings is 2. The Balaban J connectivity index is 1.53. The van der Waals surface area contributed by atoms with Crippen LogP contribution >= 0.6 is 0 Å². The minimum Gasteiger partial charge on any atom is -0.497 e. The molecule has 0 aliphatic carbocycles. The molecule has 0 unspecified atom stereocenters. The molecule has 1 heterocycles. The minimum absolute atomic E-state index is 0.0207. The maximum Gasteiger partial charge on any atom is 0.224 e. The number of carbonyl (C=O) groups excluding carboxylic acids is 1. The van der Waals surface area contributed by atoms with Gasteiger partial charge < -0.3 is 10.1 Å². The second-order valence-electron chi connectivity index (χ2n) is 5.41. The standard InChI is InChI=1S/C19H19N3O2/c1-24-18-10-8-16(9-11-18)21-19(23)12-7-15-13-20-22(14-15)17-5-3-2-4-6-17/h2-6,8-11,13-14H,7,12H2,1H3,(H,21,23). The van der Waals surface area contributed by atoms with Gasteiger partial charge in [-0.1, -0.05) is 18.2 Å². The minimum atomic E-state index is -0.0207. The molecule has 0 saturated heterocycles. The van der Waals surface area contributed by atoms with E-state index in [0.29, 0.717) is 12.8 Å². The van der Waals surface area contributed by atoms with E-state index in [1.54, 1.807) is 13.3 Å². The second-order valence-corrected chi connectivity index (χ2v) is 5.41. The highest BCUT2D eigenvalue weighted by atomic mass is 16.5. The Hall–Kier alpha value is -3.08. The van der Waals surface area contributed by atoms with Crippen LogP contribution in [-0.4, -0.2) is 22.8 Å². The van der Waals surface area contributed by atoms with E-state index in [4.69, 9.17) is 4.74 Å². The summed E-state index contributed by atoms with van der Waals surface area (Å²) in [6.45, 7) is 0. The first-order chi connectivity index (χ1) is 11.7. The van der Waals surface area contributed by atoms with Gasteiger partial charge in [-0.05, 0) is 48.4 Å². The van der Waals surface area contributed by atoms with Crippen molar-refractivity contribution in [2.24, 2.45) is 0 Å². The second kappa shape index (κ2) is 7.46. The van der Waals surface area contributed by atoms with Crippen LogP contribution in [0.4, 0.5) is 5.69 Å². The van der Waals surface area contributed by atoms with Gasteiger partial charge in [-0.2, -0.15) is 5.10 Å². The summed E-state index contributed by atoms with van der Waals surface area (Å²) in [6, 6.07) is 17.2. The predicted octanol–water partition coefficient (Wildman–Crippen LogP) is 3.45. The summed E-state index contributed by atoms with van der Waals surface area (Å²) in [4.78, 5) is 12.0. The van der Waals surface area contributed by atoms with Crippen molar-refractivity contribution in [3.63, 3.8) is 0 Å². The molecule has 1 aromatic heterocycles. The Bertz CT molecular complexity index is 795. The molecule has 3 aromatic rings. The van der Waals surface area contributed by atoms with Crippen molar-refractivity contribution in [3.05, 3.63) is 72.6 Å². The maximum absolute atomic E-state index is 12.0. The predicted molar refractivity (Wildman–Crippen MR) is 93.5 cm³/mol. The number of rotatable bonds is 6. The van der Waals surface area contributed by atoms with Crippen LogP contribution in [0.3, 0.4) is 0 Å². The fourth-order valence-electron chi connectivity index (χ4n) is 2.37. The fraction of sp³-hybridized carbons (Fsp3) is 0.158. The fourth-order valence-corrected chi connectivity index (χ4v) is 2.37. The van der Waals surface area contributed by atoms with Crippen LogP contribution in [0.1, 0.15) is 12.0 Å². The molecule has 122 valence electrons. The van der Waals surface area contributed by atoms with Crippen LogP contribution < -0.4 is 10.1 Å². The van der Waals surface area contributed by atoms with Crippen molar-refractivity contribution in [2.75, 3.05) is 12.4 Å². The Morgan fingerprint density at radius 3 is 2.58 bits per heavy atom. The molecule has 0 saturated carbocycles. The lowest BCUT2D eigenvalue weighted by molar-refractivity contribution is -0.116. The Morgan fingerprint density at radius 2 is 1.88 bits per heavy atom. The number of nitrogens with one attached hydrogen (secondary N) is 1. The quantitative estimate of drug-likeness (QED) is 0.756. The number of methoxy groups -OCH3 is 1. The molecule has 3 rings (SSSR count). The van der Waals surface area contributed by atoms with Crippen LogP contribution in [0.2, 0.25) is 0 Å². The van der Waals surface area contributed by atoms with Gasteiger partial charge in [0.1, 0.15) is 5.75 Å². The smallest absolute Gasteiger partial charge is 0.224 e. The van der Waals surface area contributed by atoms with Crippen molar-refractivity contribution < 1.29 is 9.53 Å².